The molecule has 3 aromatic rings. The van der Waals surface area contributed by atoms with Gasteiger partial charge in [0.25, 0.3) is 5.91 Å². The molecule has 0 fully saturated rings. The fourth-order valence-corrected chi connectivity index (χ4v) is 3.26. The number of carbonyl (C=O) groups is 1. The van der Waals surface area contributed by atoms with Crippen molar-refractivity contribution in [2.75, 3.05) is 5.32 Å². The number of hydrogen-bond acceptors (Lipinski definition) is 4. The first kappa shape index (κ1) is 21.7. The largest absolute Gasteiger partial charge is 0.315 e. The fourth-order valence-electron chi connectivity index (χ4n) is 2.88. The van der Waals surface area contributed by atoms with Gasteiger partial charge < -0.3 is 5.32 Å². The van der Waals surface area contributed by atoms with E-state index in [1.54, 1.807) is 36.0 Å². The van der Waals surface area contributed by atoms with Gasteiger partial charge in [-0.1, -0.05) is 17.7 Å². The summed E-state index contributed by atoms with van der Waals surface area (Å²) in [5.41, 5.74) is 7.25. The Balaban J connectivity index is 1.53. The van der Waals surface area contributed by atoms with E-state index >= 15 is 0 Å². The Morgan fingerprint density at radius 1 is 1.27 bits per heavy atom. The fraction of sp³-hybridized carbons (Fsp3) is 0.263. The number of anilines is 1. The van der Waals surface area contributed by atoms with Gasteiger partial charge in [-0.15, -0.1) is 0 Å². The van der Waals surface area contributed by atoms with Gasteiger partial charge in [-0.25, -0.2) is 4.39 Å². The van der Waals surface area contributed by atoms with Crippen LogP contribution < -0.4 is 16.2 Å². The van der Waals surface area contributed by atoms with E-state index in [0.717, 1.165) is 11.4 Å². The highest BCUT2D eigenvalue weighted by atomic mass is 35.5. The lowest BCUT2D eigenvalue weighted by atomic mass is 10.2. The zero-order valence-corrected chi connectivity index (χ0v) is 18.2. The van der Waals surface area contributed by atoms with Crippen molar-refractivity contribution in [2.45, 2.75) is 33.4 Å². The predicted octanol–water partition coefficient (Wildman–Crippen LogP) is 3.12. The molecule has 0 spiro atoms. The van der Waals surface area contributed by atoms with Crippen LogP contribution in [0.3, 0.4) is 0 Å². The van der Waals surface area contributed by atoms with Gasteiger partial charge >= 0.3 is 0 Å². The molecule has 0 radical (unpaired) electrons. The van der Waals surface area contributed by atoms with Gasteiger partial charge in [-0.2, -0.15) is 10.2 Å². The number of aryl methyl sites for hydroxylation is 2. The molecule has 11 heteroatoms. The van der Waals surface area contributed by atoms with Crippen molar-refractivity contribution >= 4 is 40.7 Å². The molecule has 0 saturated heterocycles. The molecule has 2 heterocycles. The summed E-state index contributed by atoms with van der Waals surface area (Å²) < 4.78 is 17.1. The molecule has 30 heavy (non-hydrogen) atoms. The smallest absolute Gasteiger partial charge is 0.262 e. The maximum Gasteiger partial charge on any atom is 0.262 e. The Hall–Kier alpha value is -2.98. The molecule has 0 saturated carbocycles. The van der Waals surface area contributed by atoms with Gasteiger partial charge in [0.1, 0.15) is 11.9 Å². The Labute approximate surface area is 183 Å². The van der Waals surface area contributed by atoms with Crippen molar-refractivity contribution in [1.29, 1.82) is 0 Å². The van der Waals surface area contributed by atoms with E-state index in [0.29, 0.717) is 16.4 Å². The third-order valence-electron chi connectivity index (χ3n) is 4.35. The van der Waals surface area contributed by atoms with E-state index in [1.807, 2.05) is 19.9 Å². The molecule has 0 aliphatic carbocycles. The molecule has 3 N–H and O–H groups in total. The number of benzene rings is 1. The van der Waals surface area contributed by atoms with Crippen LogP contribution in [0.4, 0.5) is 10.2 Å². The summed E-state index contributed by atoms with van der Waals surface area (Å²) in [5.74, 6) is -0.268. The number of nitrogens with one attached hydrogen (secondary N) is 3. The molecule has 3 rings (SSSR count). The van der Waals surface area contributed by atoms with Crippen molar-refractivity contribution in [1.82, 2.24) is 30.4 Å². The van der Waals surface area contributed by atoms with Gasteiger partial charge in [0.05, 0.1) is 12.2 Å². The minimum absolute atomic E-state index is 0.151. The third kappa shape index (κ3) is 5.14. The Kier molecular flexibility index (Phi) is 6.68. The van der Waals surface area contributed by atoms with Crippen LogP contribution in [0.5, 0.6) is 0 Å². The first-order chi connectivity index (χ1) is 14.2. The lowest BCUT2D eigenvalue weighted by molar-refractivity contribution is -0.124. The van der Waals surface area contributed by atoms with Gasteiger partial charge in [0.2, 0.25) is 0 Å². The first-order valence-corrected chi connectivity index (χ1v) is 9.89. The standard InChI is InChI=1S/C19H21ClFN7OS/c1-11-9-12(2)28(25-11)13(3)18(29)23-24-19(30)22-17-7-8-27(26-17)10-14-15(20)5-4-6-16(14)21/h4-9,13H,10H2,1-3H3,(H,23,29)(H2,22,24,26,30). The van der Waals surface area contributed by atoms with Crippen molar-refractivity contribution in [3.63, 3.8) is 0 Å². The molecule has 1 aromatic carbocycles. The molecule has 1 amide bonds. The Morgan fingerprint density at radius 2 is 2.03 bits per heavy atom. The number of thiocarbonyl (C=S) groups is 1. The maximum atomic E-state index is 13.9. The maximum absolute atomic E-state index is 13.9. The van der Waals surface area contributed by atoms with Crippen molar-refractivity contribution < 1.29 is 9.18 Å². The third-order valence-corrected chi connectivity index (χ3v) is 4.91. The number of amides is 1. The zero-order valence-electron chi connectivity index (χ0n) is 16.6. The summed E-state index contributed by atoms with van der Waals surface area (Å²) in [7, 11) is 0. The lowest BCUT2D eigenvalue weighted by Gasteiger charge is -2.16. The normalized spacial score (nSPS) is 11.8. The van der Waals surface area contributed by atoms with Crippen LogP contribution in [0.1, 0.15) is 29.9 Å². The topological polar surface area (TPSA) is 88.8 Å². The number of aromatic nitrogens is 4. The van der Waals surface area contributed by atoms with E-state index in [9.17, 15) is 9.18 Å². The SMILES string of the molecule is Cc1cc(C)n(C(C)C(=O)NNC(=S)Nc2ccn(Cc3c(F)cccc3Cl)n2)n1. The van der Waals surface area contributed by atoms with Crippen molar-refractivity contribution in [3.05, 3.63) is 64.3 Å². The minimum Gasteiger partial charge on any atom is -0.315 e. The molecule has 158 valence electrons. The Bertz CT molecular complexity index is 1060. The van der Waals surface area contributed by atoms with E-state index in [-0.39, 0.29) is 17.6 Å². The highest BCUT2D eigenvalue weighted by Crippen LogP contribution is 2.20. The monoisotopic (exact) mass is 449 g/mol. The number of rotatable bonds is 5. The van der Waals surface area contributed by atoms with Crippen LogP contribution in [0, 0.1) is 19.7 Å². The molecule has 8 nitrogen and oxygen atoms in total. The van der Waals surface area contributed by atoms with Gasteiger partial charge in [0, 0.05) is 28.5 Å². The van der Waals surface area contributed by atoms with Crippen LogP contribution in [0.2, 0.25) is 5.02 Å². The zero-order chi connectivity index (χ0) is 21.8. The molecule has 0 aliphatic heterocycles. The number of hydrazine groups is 1. The summed E-state index contributed by atoms with van der Waals surface area (Å²) in [6, 6.07) is 7.57. The molecule has 0 bridgehead atoms. The molecule has 0 aliphatic rings. The van der Waals surface area contributed by atoms with Crippen LogP contribution in [0.25, 0.3) is 0 Å². The average molecular weight is 450 g/mol. The first-order valence-electron chi connectivity index (χ1n) is 9.10. The van der Waals surface area contributed by atoms with Gasteiger partial charge in [-0.05, 0) is 51.2 Å². The van der Waals surface area contributed by atoms with E-state index in [4.69, 9.17) is 23.8 Å². The average Bonchev–Trinajstić information content (AvgIpc) is 3.27. The number of carbonyl (C=O) groups excluding carboxylic acids is 1. The van der Waals surface area contributed by atoms with Crippen molar-refractivity contribution in [3.8, 4) is 0 Å². The summed E-state index contributed by atoms with van der Waals surface area (Å²) in [6.45, 7) is 5.66. The summed E-state index contributed by atoms with van der Waals surface area (Å²) in [5, 5.41) is 11.9. The molecular weight excluding hydrogens is 429 g/mol. The second-order valence-corrected chi connectivity index (χ2v) is 7.53. The second-order valence-electron chi connectivity index (χ2n) is 6.71. The summed E-state index contributed by atoms with van der Waals surface area (Å²) in [6.07, 6.45) is 1.66. The predicted molar refractivity (Wildman–Crippen MR) is 117 cm³/mol. The van der Waals surface area contributed by atoms with Gasteiger partial charge in [-0.3, -0.25) is 25.0 Å². The quantitative estimate of drug-likeness (QED) is 0.409. The van der Waals surface area contributed by atoms with Crippen LogP contribution >= 0.6 is 23.8 Å². The van der Waals surface area contributed by atoms with Crippen molar-refractivity contribution in [2.24, 2.45) is 0 Å². The van der Waals surface area contributed by atoms with E-state index < -0.39 is 11.9 Å². The molecule has 1 unspecified atom stereocenters. The summed E-state index contributed by atoms with van der Waals surface area (Å²) in [4.78, 5) is 12.3. The second kappa shape index (κ2) is 9.23. The lowest BCUT2D eigenvalue weighted by Crippen LogP contribution is -2.46. The van der Waals surface area contributed by atoms with Crippen LogP contribution in [-0.4, -0.2) is 30.6 Å². The Morgan fingerprint density at radius 3 is 2.70 bits per heavy atom. The molecular formula is C19H21ClFN7OS. The number of nitrogens with zero attached hydrogens (tertiary/aromatic N) is 4. The minimum atomic E-state index is -0.515. The van der Waals surface area contributed by atoms with Gasteiger partial charge in [0.15, 0.2) is 10.9 Å². The van der Waals surface area contributed by atoms with Crippen LogP contribution in [-0.2, 0) is 11.3 Å². The molecule has 1 atom stereocenters. The van der Waals surface area contributed by atoms with E-state index in [2.05, 4.69) is 26.4 Å². The van der Waals surface area contributed by atoms with Crippen LogP contribution in [0.15, 0.2) is 36.5 Å². The highest BCUT2D eigenvalue weighted by Gasteiger charge is 2.18. The van der Waals surface area contributed by atoms with E-state index in [1.165, 1.54) is 10.7 Å². The molecule has 2 aromatic heterocycles. The highest BCUT2D eigenvalue weighted by molar-refractivity contribution is 7.80. The summed E-state index contributed by atoms with van der Waals surface area (Å²) >= 11 is 11.2. The number of halogens is 2. The number of hydrogen-bond donors (Lipinski definition) is 3.